The summed E-state index contributed by atoms with van der Waals surface area (Å²) in [4.78, 5) is 19.7. The summed E-state index contributed by atoms with van der Waals surface area (Å²) in [5.74, 6) is 1.11. The highest BCUT2D eigenvalue weighted by atomic mass is 16.5. The van der Waals surface area contributed by atoms with Gasteiger partial charge in [-0.3, -0.25) is 9.78 Å². The Balaban J connectivity index is 1.14. The number of fused-ring (bicyclic) bond motifs is 3. The van der Waals surface area contributed by atoms with Gasteiger partial charge in [0.25, 0.3) is 5.91 Å². The Kier molecular flexibility index (Phi) is 5.30. The van der Waals surface area contributed by atoms with Gasteiger partial charge in [0.2, 0.25) is 0 Å². The monoisotopic (exact) mass is 442 g/mol. The second kappa shape index (κ2) is 8.45. The standard InChI is InChI=1S/C28H30N2O3/c1-18-25(13-8-20-4-2-14-29-27(18)20)19-6-11-23(12-7-19)33-24-16-21-9-10-22(17-24)30(21)28(31)26-5-3-15-32-26/h2,4,6-8,11-14,21-22,24,26H,3,5,9-10,15-17H2,1H3/t21-,22?,24+,26+/m0/s1. The van der Waals surface area contributed by atoms with Gasteiger partial charge < -0.3 is 14.4 Å². The Morgan fingerprint density at radius 1 is 1.03 bits per heavy atom. The van der Waals surface area contributed by atoms with E-state index in [2.05, 4.69) is 59.3 Å². The van der Waals surface area contributed by atoms with Crippen molar-refractivity contribution in [2.24, 2.45) is 0 Å². The minimum atomic E-state index is -0.216. The molecule has 2 bridgehead atoms. The molecule has 170 valence electrons. The molecule has 1 unspecified atom stereocenters. The van der Waals surface area contributed by atoms with E-state index in [0.717, 1.165) is 61.8 Å². The summed E-state index contributed by atoms with van der Waals surface area (Å²) in [5, 5.41) is 1.16. The first kappa shape index (κ1) is 20.7. The van der Waals surface area contributed by atoms with Crippen molar-refractivity contribution in [1.29, 1.82) is 0 Å². The second-order valence-electron chi connectivity index (χ2n) is 9.68. The molecule has 3 saturated heterocycles. The van der Waals surface area contributed by atoms with Crippen molar-refractivity contribution in [3.63, 3.8) is 0 Å². The third-order valence-electron chi connectivity index (χ3n) is 7.65. The highest BCUT2D eigenvalue weighted by Crippen LogP contribution is 2.39. The van der Waals surface area contributed by atoms with E-state index in [1.807, 2.05) is 12.3 Å². The fourth-order valence-electron chi connectivity index (χ4n) is 6.03. The quantitative estimate of drug-likeness (QED) is 0.551. The lowest BCUT2D eigenvalue weighted by Gasteiger charge is -2.39. The minimum Gasteiger partial charge on any atom is -0.490 e. The summed E-state index contributed by atoms with van der Waals surface area (Å²) >= 11 is 0. The van der Waals surface area contributed by atoms with Crippen LogP contribution in [0.25, 0.3) is 22.0 Å². The Bertz CT molecular complexity index is 1160. The molecule has 4 atom stereocenters. The van der Waals surface area contributed by atoms with E-state index in [-0.39, 0.29) is 30.2 Å². The predicted molar refractivity (Wildman–Crippen MR) is 128 cm³/mol. The molecule has 0 aliphatic carbocycles. The fraction of sp³-hybridized carbons (Fsp3) is 0.429. The Hall–Kier alpha value is -2.92. The molecule has 4 heterocycles. The van der Waals surface area contributed by atoms with E-state index in [0.29, 0.717) is 0 Å². The molecule has 5 heteroatoms. The molecular formula is C28H30N2O3. The van der Waals surface area contributed by atoms with Crippen LogP contribution in [0.5, 0.6) is 5.75 Å². The zero-order valence-electron chi connectivity index (χ0n) is 19.1. The van der Waals surface area contributed by atoms with Crippen molar-refractivity contribution >= 4 is 16.8 Å². The summed E-state index contributed by atoms with van der Waals surface area (Å²) in [7, 11) is 0. The van der Waals surface area contributed by atoms with E-state index in [9.17, 15) is 4.79 Å². The third-order valence-corrected chi connectivity index (χ3v) is 7.65. The van der Waals surface area contributed by atoms with Gasteiger partial charge in [-0.1, -0.05) is 30.3 Å². The first-order valence-electron chi connectivity index (χ1n) is 12.2. The molecule has 3 aliphatic heterocycles. The van der Waals surface area contributed by atoms with Gasteiger partial charge in [0.05, 0.1) is 5.52 Å². The molecule has 0 saturated carbocycles. The zero-order chi connectivity index (χ0) is 22.4. The minimum absolute atomic E-state index is 0.161. The molecule has 33 heavy (non-hydrogen) atoms. The molecule has 1 aromatic heterocycles. The van der Waals surface area contributed by atoms with E-state index >= 15 is 0 Å². The van der Waals surface area contributed by atoms with Gasteiger partial charge >= 0.3 is 0 Å². The van der Waals surface area contributed by atoms with Crippen molar-refractivity contribution in [2.45, 2.75) is 69.7 Å². The van der Waals surface area contributed by atoms with Crippen molar-refractivity contribution in [2.75, 3.05) is 6.61 Å². The first-order valence-corrected chi connectivity index (χ1v) is 12.2. The number of piperidine rings is 1. The number of carbonyl (C=O) groups is 1. The largest absolute Gasteiger partial charge is 0.490 e. The summed E-state index contributed by atoms with van der Waals surface area (Å²) < 4.78 is 12.1. The Labute approximate surface area is 194 Å². The molecule has 3 aromatic rings. The van der Waals surface area contributed by atoms with Crippen LogP contribution >= 0.6 is 0 Å². The lowest BCUT2D eigenvalue weighted by atomic mass is 9.97. The Morgan fingerprint density at radius 3 is 2.55 bits per heavy atom. The van der Waals surface area contributed by atoms with Crippen molar-refractivity contribution in [3.05, 3.63) is 60.3 Å². The van der Waals surface area contributed by atoms with Crippen LogP contribution in [-0.4, -0.2) is 46.7 Å². The molecule has 3 fully saturated rings. The number of hydrogen-bond donors (Lipinski definition) is 0. The number of pyridine rings is 1. The number of aromatic nitrogens is 1. The summed E-state index contributed by atoms with van der Waals surface area (Å²) in [6, 6.07) is 17.4. The normalized spacial score (nSPS) is 26.6. The maximum Gasteiger partial charge on any atom is 0.252 e. The number of aryl methyl sites for hydroxylation is 1. The summed E-state index contributed by atoms with van der Waals surface area (Å²) in [6.07, 6.45) is 7.64. The molecule has 1 amide bonds. The molecule has 0 radical (unpaired) electrons. The van der Waals surface area contributed by atoms with Gasteiger partial charge in [-0.15, -0.1) is 0 Å². The fourth-order valence-corrected chi connectivity index (χ4v) is 6.03. The van der Waals surface area contributed by atoms with Crippen LogP contribution in [0.3, 0.4) is 0 Å². The highest BCUT2D eigenvalue weighted by molar-refractivity contribution is 5.88. The molecular weight excluding hydrogens is 412 g/mol. The molecule has 0 N–H and O–H groups in total. The smallest absolute Gasteiger partial charge is 0.252 e. The predicted octanol–water partition coefficient (Wildman–Crippen LogP) is 5.29. The number of carbonyl (C=O) groups excluding carboxylic acids is 1. The number of amides is 1. The molecule has 5 nitrogen and oxygen atoms in total. The lowest BCUT2D eigenvalue weighted by Crippen LogP contribution is -2.52. The topological polar surface area (TPSA) is 51.7 Å². The van der Waals surface area contributed by atoms with Crippen LogP contribution in [0.4, 0.5) is 0 Å². The molecule has 3 aliphatic rings. The maximum absolute atomic E-state index is 13.0. The SMILES string of the molecule is Cc1c(-c2ccc(O[C@H]3CC4CC[C@@H](C3)N4C(=O)[C@H]3CCCO3)cc2)ccc2cccnc12. The highest BCUT2D eigenvalue weighted by Gasteiger charge is 2.46. The second-order valence-corrected chi connectivity index (χ2v) is 9.68. The van der Waals surface area contributed by atoms with Crippen LogP contribution in [0.15, 0.2) is 54.7 Å². The number of hydrogen-bond acceptors (Lipinski definition) is 4. The van der Waals surface area contributed by atoms with Gasteiger partial charge in [-0.2, -0.15) is 0 Å². The zero-order valence-corrected chi connectivity index (χ0v) is 19.1. The maximum atomic E-state index is 13.0. The first-order chi connectivity index (χ1) is 16.2. The van der Waals surface area contributed by atoms with Crippen molar-refractivity contribution in [1.82, 2.24) is 9.88 Å². The number of benzene rings is 2. The van der Waals surface area contributed by atoms with Gasteiger partial charge in [0.1, 0.15) is 18.0 Å². The van der Waals surface area contributed by atoms with Crippen LogP contribution in [0, 0.1) is 6.92 Å². The number of ether oxygens (including phenoxy) is 2. The van der Waals surface area contributed by atoms with Crippen LogP contribution in [0.1, 0.15) is 44.1 Å². The molecule has 2 aromatic carbocycles. The Morgan fingerprint density at radius 2 is 1.82 bits per heavy atom. The van der Waals surface area contributed by atoms with Gasteiger partial charge in [0.15, 0.2) is 0 Å². The van der Waals surface area contributed by atoms with Gasteiger partial charge in [0, 0.05) is 43.1 Å². The van der Waals surface area contributed by atoms with E-state index < -0.39 is 0 Å². The lowest BCUT2D eigenvalue weighted by molar-refractivity contribution is -0.147. The molecule has 6 rings (SSSR count). The summed E-state index contributed by atoms with van der Waals surface area (Å²) in [5.41, 5.74) is 4.62. The van der Waals surface area contributed by atoms with Crippen LogP contribution < -0.4 is 4.74 Å². The average Bonchev–Trinajstić information content (AvgIpc) is 3.47. The van der Waals surface area contributed by atoms with Crippen LogP contribution in [-0.2, 0) is 9.53 Å². The average molecular weight is 443 g/mol. The van der Waals surface area contributed by atoms with Gasteiger partial charge in [-0.25, -0.2) is 0 Å². The molecule has 0 spiro atoms. The van der Waals surface area contributed by atoms with Crippen LogP contribution in [0.2, 0.25) is 0 Å². The summed E-state index contributed by atoms with van der Waals surface area (Å²) in [6.45, 7) is 2.85. The van der Waals surface area contributed by atoms with E-state index in [1.165, 1.54) is 16.7 Å². The third kappa shape index (κ3) is 3.78. The van der Waals surface area contributed by atoms with Gasteiger partial charge in [-0.05, 0) is 67.5 Å². The van der Waals surface area contributed by atoms with Crippen molar-refractivity contribution in [3.8, 4) is 16.9 Å². The van der Waals surface area contributed by atoms with Crippen molar-refractivity contribution < 1.29 is 14.3 Å². The van der Waals surface area contributed by atoms with E-state index in [1.54, 1.807) is 0 Å². The number of nitrogens with zero attached hydrogens (tertiary/aromatic N) is 2. The van der Waals surface area contributed by atoms with E-state index in [4.69, 9.17) is 9.47 Å². The number of rotatable bonds is 4.